The van der Waals surface area contributed by atoms with E-state index in [4.69, 9.17) is 9.47 Å². The molecule has 1 aromatic rings. The first-order valence-electron chi connectivity index (χ1n) is 9.43. The fraction of sp³-hybridized carbons (Fsp3) is 0.650. The van der Waals surface area contributed by atoms with Gasteiger partial charge in [-0.05, 0) is 75.9 Å². The van der Waals surface area contributed by atoms with Gasteiger partial charge in [0.15, 0.2) is 0 Å². The Kier molecular flexibility index (Phi) is 5.97. The van der Waals surface area contributed by atoms with Gasteiger partial charge in [0.1, 0.15) is 18.0 Å². The smallest absolute Gasteiger partial charge is 0.256 e. The summed E-state index contributed by atoms with van der Waals surface area (Å²) in [5, 5.41) is 2.96. The van der Waals surface area contributed by atoms with Crippen LogP contribution in [0, 0.1) is 5.92 Å². The van der Waals surface area contributed by atoms with Crippen molar-refractivity contribution >= 4 is 11.6 Å². The van der Waals surface area contributed by atoms with Crippen LogP contribution in [0.5, 0.6) is 5.75 Å². The molecule has 1 aliphatic heterocycles. The van der Waals surface area contributed by atoms with Crippen LogP contribution in [0.4, 0.5) is 5.69 Å². The van der Waals surface area contributed by atoms with Crippen molar-refractivity contribution in [2.24, 2.45) is 5.92 Å². The largest absolute Gasteiger partial charge is 0.492 e. The predicted molar refractivity (Wildman–Crippen MR) is 99.0 cm³/mol. The number of carbonyl (C=O) groups excluding carboxylic acids is 1. The number of rotatable bonds is 8. The van der Waals surface area contributed by atoms with E-state index in [2.05, 4.69) is 10.2 Å². The highest BCUT2D eigenvalue weighted by atomic mass is 16.5. The van der Waals surface area contributed by atoms with Crippen LogP contribution in [-0.2, 0) is 9.53 Å². The first-order valence-corrected chi connectivity index (χ1v) is 9.43. The standard InChI is InChI=1S/C20H30N2O3/c1-20(24-2,16-6-7-16)19(23)21-17-8-10-18(11-9-17)25-15-14-22-12-4-3-5-13-22/h8-11,16H,3-7,12-15H2,1-2H3,(H,21,23)/t20-/m0/s1. The number of nitrogens with zero attached hydrogens (tertiary/aromatic N) is 1. The molecule has 0 bridgehead atoms. The summed E-state index contributed by atoms with van der Waals surface area (Å²) in [6, 6.07) is 7.59. The number of anilines is 1. The second kappa shape index (κ2) is 8.19. The average Bonchev–Trinajstić information content (AvgIpc) is 3.49. The Morgan fingerprint density at radius 3 is 2.48 bits per heavy atom. The number of hydrogen-bond acceptors (Lipinski definition) is 4. The van der Waals surface area contributed by atoms with Crippen LogP contribution in [0.15, 0.2) is 24.3 Å². The van der Waals surface area contributed by atoms with Gasteiger partial charge in [0, 0.05) is 19.3 Å². The van der Waals surface area contributed by atoms with Gasteiger partial charge < -0.3 is 14.8 Å². The monoisotopic (exact) mass is 346 g/mol. The Morgan fingerprint density at radius 1 is 1.20 bits per heavy atom. The third kappa shape index (κ3) is 4.73. The van der Waals surface area contributed by atoms with Crippen LogP contribution in [0.2, 0.25) is 0 Å². The summed E-state index contributed by atoms with van der Waals surface area (Å²) in [5.41, 5.74) is 0.0428. The van der Waals surface area contributed by atoms with Gasteiger partial charge in [-0.3, -0.25) is 9.69 Å². The molecule has 0 radical (unpaired) electrons. The zero-order chi connectivity index (χ0) is 17.7. The van der Waals surface area contributed by atoms with Gasteiger partial charge in [-0.1, -0.05) is 6.42 Å². The minimum absolute atomic E-state index is 0.0729. The van der Waals surface area contributed by atoms with Gasteiger partial charge in [0.25, 0.3) is 5.91 Å². The number of piperidine rings is 1. The molecule has 5 heteroatoms. The fourth-order valence-corrected chi connectivity index (χ4v) is 3.44. The summed E-state index contributed by atoms with van der Waals surface area (Å²) in [7, 11) is 1.61. The molecule has 1 aromatic carbocycles. The van der Waals surface area contributed by atoms with Crippen molar-refractivity contribution in [1.82, 2.24) is 4.90 Å². The fourth-order valence-electron chi connectivity index (χ4n) is 3.44. The number of methoxy groups -OCH3 is 1. The highest BCUT2D eigenvalue weighted by Gasteiger charge is 2.47. The molecule has 1 atom stereocenters. The summed E-state index contributed by atoms with van der Waals surface area (Å²) >= 11 is 0. The van der Waals surface area contributed by atoms with Crippen LogP contribution in [0.25, 0.3) is 0 Å². The first-order chi connectivity index (χ1) is 12.1. The van der Waals surface area contributed by atoms with Crippen LogP contribution in [-0.4, -0.2) is 49.8 Å². The summed E-state index contributed by atoms with van der Waals surface area (Å²) in [6.07, 6.45) is 6.07. The van der Waals surface area contributed by atoms with E-state index in [1.165, 1.54) is 32.4 Å². The molecule has 138 valence electrons. The van der Waals surface area contributed by atoms with Crippen LogP contribution in [0.3, 0.4) is 0 Å². The number of carbonyl (C=O) groups is 1. The number of ether oxygens (including phenoxy) is 2. The van der Waals surface area contributed by atoms with E-state index in [0.717, 1.165) is 30.8 Å². The molecule has 0 spiro atoms. The number of amides is 1. The molecule has 1 aliphatic carbocycles. The summed E-state index contributed by atoms with van der Waals surface area (Å²) in [6.45, 7) is 5.93. The molecular formula is C20H30N2O3. The van der Waals surface area contributed by atoms with E-state index < -0.39 is 5.60 Å². The van der Waals surface area contributed by atoms with Gasteiger partial charge in [-0.15, -0.1) is 0 Å². The number of nitrogens with one attached hydrogen (secondary N) is 1. The van der Waals surface area contributed by atoms with Crippen molar-refractivity contribution in [3.63, 3.8) is 0 Å². The lowest BCUT2D eigenvalue weighted by Gasteiger charge is -2.27. The minimum Gasteiger partial charge on any atom is -0.492 e. The molecule has 3 rings (SSSR count). The lowest BCUT2D eigenvalue weighted by atomic mass is 9.99. The van der Waals surface area contributed by atoms with E-state index in [0.29, 0.717) is 12.5 Å². The number of hydrogen-bond donors (Lipinski definition) is 1. The lowest BCUT2D eigenvalue weighted by molar-refractivity contribution is -0.138. The van der Waals surface area contributed by atoms with Crippen molar-refractivity contribution in [3.8, 4) is 5.75 Å². The Morgan fingerprint density at radius 2 is 1.88 bits per heavy atom. The van der Waals surface area contributed by atoms with E-state index in [-0.39, 0.29) is 5.91 Å². The SMILES string of the molecule is CO[C@](C)(C(=O)Nc1ccc(OCCN2CCCCC2)cc1)C1CC1. The highest BCUT2D eigenvalue weighted by molar-refractivity contribution is 5.97. The predicted octanol–water partition coefficient (Wildman–Crippen LogP) is 3.30. The van der Waals surface area contributed by atoms with E-state index in [1.807, 2.05) is 31.2 Å². The highest BCUT2D eigenvalue weighted by Crippen LogP contribution is 2.42. The number of likely N-dealkylation sites (tertiary alicyclic amines) is 1. The quantitative estimate of drug-likeness (QED) is 0.785. The Bertz CT molecular complexity index is 565. The van der Waals surface area contributed by atoms with E-state index in [9.17, 15) is 4.79 Å². The Hall–Kier alpha value is -1.59. The van der Waals surface area contributed by atoms with E-state index >= 15 is 0 Å². The third-order valence-corrected chi connectivity index (χ3v) is 5.47. The Labute approximate surface area is 150 Å². The average molecular weight is 346 g/mol. The first kappa shape index (κ1) is 18.2. The summed E-state index contributed by atoms with van der Waals surface area (Å²) < 4.78 is 11.3. The summed E-state index contributed by atoms with van der Waals surface area (Å²) in [5.74, 6) is 1.10. The van der Waals surface area contributed by atoms with Gasteiger partial charge in [-0.2, -0.15) is 0 Å². The van der Waals surface area contributed by atoms with Gasteiger partial charge in [0.2, 0.25) is 0 Å². The van der Waals surface area contributed by atoms with Crippen molar-refractivity contribution in [3.05, 3.63) is 24.3 Å². The van der Waals surface area contributed by atoms with Gasteiger partial charge in [0.05, 0.1) is 0 Å². The van der Waals surface area contributed by atoms with E-state index in [1.54, 1.807) is 7.11 Å². The van der Waals surface area contributed by atoms with Crippen molar-refractivity contribution in [2.45, 2.75) is 44.6 Å². The molecule has 2 aliphatic rings. The van der Waals surface area contributed by atoms with Crippen LogP contribution < -0.4 is 10.1 Å². The second-order valence-electron chi connectivity index (χ2n) is 7.31. The molecule has 0 unspecified atom stereocenters. The number of benzene rings is 1. The lowest BCUT2D eigenvalue weighted by Crippen LogP contribution is -2.44. The molecule has 1 heterocycles. The third-order valence-electron chi connectivity index (χ3n) is 5.47. The maximum absolute atomic E-state index is 12.5. The van der Waals surface area contributed by atoms with Gasteiger partial charge >= 0.3 is 0 Å². The zero-order valence-corrected chi connectivity index (χ0v) is 15.4. The molecular weight excluding hydrogens is 316 g/mol. The van der Waals surface area contributed by atoms with Crippen molar-refractivity contribution in [2.75, 3.05) is 38.7 Å². The molecule has 0 aromatic heterocycles. The maximum Gasteiger partial charge on any atom is 0.256 e. The van der Waals surface area contributed by atoms with Gasteiger partial charge in [-0.25, -0.2) is 0 Å². The van der Waals surface area contributed by atoms with Crippen LogP contribution >= 0.6 is 0 Å². The summed E-state index contributed by atoms with van der Waals surface area (Å²) in [4.78, 5) is 15.0. The van der Waals surface area contributed by atoms with Crippen molar-refractivity contribution < 1.29 is 14.3 Å². The molecule has 1 saturated heterocycles. The molecule has 2 fully saturated rings. The second-order valence-corrected chi connectivity index (χ2v) is 7.31. The molecule has 1 amide bonds. The minimum atomic E-state index is -0.733. The Balaban J connectivity index is 1.46. The normalized spacial score (nSPS) is 20.7. The molecule has 1 N–H and O–H groups in total. The molecule has 5 nitrogen and oxygen atoms in total. The maximum atomic E-state index is 12.5. The molecule has 25 heavy (non-hydrogen) atoms. The van der Waals surface area contributed by atoms with Crippen LogP contribution in [0.1, 0.15) is 39.0 Å². The zero-order valence-electron chi connectivity index (χ0n) is 15.4. The topological polar surface area (TPSA) is 50.8 Å². The molecule has 1 saturated carbocycles. The van der Waals surface area contributed by atoms with Crippen molar-refractivity contribution in [1.29, 1.82) is 0 Å².